The molecule has 0 atom stereocenters. The fraction of sp³-hybridized carbons (Fsp3) is 0.333. The third-order valence-electron chi connectivity index (χ3n) is 5.05. The SMILES string of the molecule is C=CCCCCc1nnc(SCc2ccc(F)cc2C)n1-c1cccc(C)c1.C=CCCN. The maximum Gasteiger partial charge on any atom is 0.196 e. The van der Waals surface area contributed by atoms with E-state index in [1.807, 2.05) is 19.1 Å². The van der Waals surface area contributed by atoms with Crippen molar-refractivity contribution in [3.63, 3.8) is 0 Å². The first-order chi connectivity index (χ1) is 16.0. The zero-order valence-electron chi connectivity index (χ0n) is 19.8. The van der Waals surface area contributed by atoms with Crippen molar-refractivity contribution in [3.05, 3.63) is 96.1 Å². The highest BCUT2D eigenvalue weighted by atomic mass is 32.2. The molecule has 0 saturated heterocycles. The average Bonchev–Trinajstić information content (AvgIpc) is 3.20. The van der Waals surface area contributed by atoms with Gasteiger partial charge in [0.15, 0.2) is 5.16 Å². The third kappa shape index (κ3) is 8.63. The Morgan fingerprint density at radius 1 is 1.03 bits per heavy atom. The fourth-order valence-electron chi connectivity index (χ4n) is 3.24. The Bertz CT molecular complexity index is 1030. The number of nitrogens with zero attached hydrogens (tertiary/aromatic N) is 3. The summed E-state index contributed by atoms with van der Waals surface area (Å²) in [5.41, 5.74) is 9.42. The molecule has 4 nitrogen and oxygen atoms in total. The van der Waals surface area contributed by atoms with Crippen LogP contribution < -0.4 is 5.73 Å². The van der Waals surface area contributed by atoms with Gasteiger partial charge in [0.1, 0.15) is 11.6 Å². The minimum atomic E-state index is -0.198. The van der Waals surface area contributed by atoms with Gasteiger partial charge in [-0.25, -0.2) is 4.39 Å². The van der Waals surface area contributed by atoms with Crippen LogP contribution in [0.5, 0.6) is 0 Å². The van der Waals surface area contributed by atoms with E-state index in [-0.39, 0.29) is 5.82 Å². The Kier molecular flexibility index (Phi) is 11.6. The summed E-state index contributed by atoms with van der Waals surface area (Å²) in [5, 5.41) is 9.81. The monoisotopic (exact) mass is 466 g/mol. The minimum Gasteiger partial charge on any atom is -0.330 e. The molecule has 0 amide bonds. The van der Waals surface area contributed by atoms with Crippen LogP contribution in [0, 0.1) is 19.7 Å². The molecule has 2 aromatic carbocycles. The van der Waals surface area contributed by atoms with Crippen molar-refractivity contribution in [2.45, 2.75) is 56.9 Å². The van der Waals surface area contributed by atoms with E-state index in [1.54, 1.807) is 23.9 Å². The number of hydrogen-bond acceptors (Lipinski definition) is 4. The Balaban J connectivity index is 0.000000696. The number of benzene rings is 2. The van der Waals surface area contributed by atoms with Gasteiger partial charge in [0.05, 0.1) is 0 Å². The lowest BCUT2D eigenvalue weighted by molar-refractivity contribution is 0.626. The first-order valence-corrected chi connectivity index (χ1v) is 12.3. The smallest absolute Gasteiger partial charge is 0.196 e. The van der Waals surface area contributed by atoms with Crippen LogP contribution in [-0.4, -0.2) is 21.3 Å². The van der Waals surface area contributed by atoms with Crippen LogP contribution in [-0.2, 0) is 12.2 Å². The molecule has 1 heterocycles. The lowest BCUT2D eigenvalue weighted by Crippen LogP contribution is -2.03. The summed E-state index contributed by atoms with van der Waals surface area (Å²) in [6, 6.07) is 13.3. The van der Waals surface area contributed by atoms with E-state index in [0.29, 0.717) is 0 Å². The molecule has 0 fully saturated rings. The summed E-state index contributed by atoms with van der Waals surface area (Å²) < 4.78 is 15.5. The molecule has 0 radical (unpaired) electrons. The van der Waals surface area contributed by atoms with Gasteiger partial charge in [-0.05, 0) is 87.0 Å². The number of nitrogens with two attached hydrogens (primary N) is 1. The van der Waals surface area contributed by atoms with Crippen molar-refractivity contribution >= 4 is 11.8 Å². The predicted octanol–water partition coefficient (Wildman–Crippen LogP) is 6.74. The lowest BCUT2D eigenvalue weighted by atomic mass is 10.1. The van der Waals surface area contributed by atoms with Gasteiger partial charge in [-0.15, -0.1) is 23.4 Å². The molecule has 0 aliphatic rings. The van der Waals surface area contributed by atoms with Gasteiger partial charge in [0.25, 0.3) is 0 Å². The molecule has 1 aromatic heterocycles. The van der Waals surface area contributed by atoms with Crippen molar-refractivity contribution in [2.75, 3.05) is 6.54 Å². The highest BCUT2D eigenvalue weighted by Gasteiger charge is 2.15. The highest BCUT2D eigenvalue weighted by molar-refractivity contribution is 7.98. The molecule has 176 valence electrons. The predicted molar refractivity (Wildman–Crippen MR) is 138 cm³/mol. The van der Waals surface area contributed by atoms with Gasteiger partial charge in [-0.3, -0.25) is 4.57 Å². The van der Waals surface area contributed by atoms with Crippen LogP contribution in [0.3, 0.4) is 0 Å². The quantitative estimate of drug-likeness (QED) is 0.193. The minimum absolute atomic E-state index is 0.198. The zero-order chi connectivity index (χ0) is 24.1. The second-order valence-corrected chi connectivity index (χ2v) is 8.78. The zero-order valence-corrected chi connectivity index (χ0v) is 20.6. The summed E-state index contributed by atoms with van der Waals surface area (Å²) in [6.45, 7) is 12.0. The lowest BCUT2D eigenvalue weighted by Gasteiger charge is -2.11. The molecule has 0 bridgehead atoms. The first kappa shape index (κ1) is 26.6. The summed E-state index contributed by atoms with van der Waals surface area (Å²) in [4.78, 5) is 0. The second kappa shape index (κ2) is 14.4. The summed E-state index contributed by atoms with van der Waals surface area (Å²) in [7, 11) is 0. The molecule has 0 aliphatic heterocycles. The van der Waals surface area contributed by atoms with E-state index < -0.39 is 0 Å². The van der Waals surface area contributed by atoms with E-state index >= 15 is 0 Å². The molecular formula is C27H35FN4S. The topological polar surface area (TPSA) is 56.7 Å². The van der Waals surface area contributed by atoms with Gasteiger partial charge < -0.3 is 5.73 Å². The van der Waals surface area contributed by atoms with Gasteiger partial charge >= 0.3 is 0 Å². The first-order valence-electron chi connectivity index (χ1n) is 11.3. The Morgan fingerprint density at radius 3 is 2.45 bits per heavy atom. The normalized spacial score (nSPS) is 10.4. The number of rotatable bonds is 11. The van der Waals surface area contributed by atoms with Gasteiger partial charge in [0.2, 0.25) is 0 Å². The number of aromatic nitrogens is 3. The maximum absolute atomic E-state index is 13.4. The Labute approximate surface area is 201 Å². The van der Waals surface area contributed by atoms with Crippen LogP contribution >= 0.6 is 11.8 Å². The molecule has 2 N–H and O–H groups in total. The highest BCUT2D eigenvalue weighted by Crippen LogP contribution is 2.27. The van der Waals surface area contributed by atoms with Crippen molar-refractivity contribution < 1.29 is 4.39 Å². The molecule has 3 rings (SSSR count). The van der Waals surface area contributed by atoms with Crippen LogP contribution in [0.4, 0.5) is 4.39 Å². The molecule has 0 saturated carbocycles. The summed E-state index contributed by atoms with van der Waals surface area (Å²) >= 11 is 1.64. The molecule has 33 heavy (non-hydrogen) atoms. The molecule has 0 aliphatic carbocycles. The number of allylic oxidation sites excluding steroid dienone is 1. The molecule has 6 heteroatoms. The summed E-state index contributed by atoms with van der Waals surface area (Å²) in [5.74, 6) is 1.51. The van der Waals surface area contributed by atoms with Crippen molar-refractivity contribution in [3.8, 4) is 5.69 Å². The van der Waals surface area contributed by atoms with Crippen molar-refractivity contribution in [2.24, 2.45) is 5.73 Å². The van der Waals surface area contributed by atoms with Gasteiger partial charge in [-0.1, -0.05) is 42.1 Å². The largest absolute Gasteiger partial charge is 0.330 e. The van der Waals surface area contributed by atoms with Crippen molar-refractivity contribution in [1.82, 2.24) is 14.8 Å². The second-order valence-electron chi connectivity index (χ2n) is 7.83. The third-order valence-corrected chi connectivity index (χ3v) is 6.03. The number of unbranched alkanes of at least 4 members (excludes halogenated alkanes) is 2. The van der Waals surface area contributed by atoms with Gasteiger partial charge in [-0.2, -0.15) is 0 Å². The number of hydrogen-bond donors (Lipinski definition) is 1. The number of halogens is 1. The Morgan fingerprint density at radius 2 is 1.82 bits per heavy atom. The van der Waals surface area contributed by atoms with E-state index in [1.165, 1.54) is 11.6 Å². The molecule has 3 aromatic rings. The maximum atomic E-state index is 13.4. The fourth-order valence-corrected chi connectivity index (χ4v) is 4.28. The average molecular weight is 467 g/mol. The van der Waals surface area contributed by atoms with E-state index in [9.17, 15) is 4.39 Å². The van der Waals surface area contributed by atoms with Gasteiger partial charge in [0, 0.05) is 17.9 Å². The van der Waals surface area contributed by atoms with Crippen LogP contribution in [0.1, 0.15) is 48.2 Å². The van der Waals surface area contributed by atoms with Crippen LogP contribution in [0.15, 0.2) is 72.9 Å². The van der Waals surface area contributed by atoms with E-state index in [4.69, 9.17) is 5.73 Å². The standard InChI is InChI=1S/C23H26FN3S.C4H9N/c1-4-5-6-7-11-22-25-26-23(27(22)21-10-8-9-17(2)14-21)28-16-19-12-13-20(24)15-18(19)3;1-2-3-4-5/h4,8-10,12-15H,1,5-7,11,16H2,2-3H3;2H,1,3-5H2. The molecular weight excluding hydrogens is 431 g/mol. The molecule has 0 unspecified atom stereocenters. The van der Waals surface area contributed by atoms with E-state index in [0.717, 1.165) is 72.2 Å². The Hall–Kier alpha value is -2.70. The van der Waals surface area contributed by atoms with Crippen molar-refractivity contribution in [1.29, 1.82) is 0 Å². The van der Waals surface area contributed by atoms with Crippen LogP contribution in [0.2, 0.25) is 0 Å². The number of aryl methyl sites for hydroxylation is 3. The van der Waals surface area contributed by atoms with E-state index in [2.05, 4.69) is 59.1 Å². The van der Waals surface area contributed by atoms with Crippen LogP contribution in [0.25, 0.3) is 5.69 Å². The molecule has 0 spiro atoms. The summed E-state index contributed by atoms with van der Waals surface area (Å²) in [6.07, 6.45) is 8.74. The number of thioether (sulfide) groups is 1.